The lowest BCUT2D eigenvalue weighted by Gasteiger charge is -2.32. The number of para-hydroxylation sites is 1. The highest BCUT2D eigenvalue weighted by molar-refractivity contribution is 7.92. The first-order chi connectivity index (χ1) is 13.1. The number of anilines is 1. The molecule has 0 aliphatic rings. The fourth-order valence-electron chi connectivity index (χ4n) is 3.08. The maximum Gasteiger partial charge on any atom is 0.246 e. The lowest BCUT2D eigenvalue weighted by Crippen LogP contribution is -2.48. The Morgan fingerprint density at radius 2 is 1.86 bits per heavy atom. The Morgan fingerprint density at radius 3 is 2.46 bits per heavy atom. The molecule has 0 spiro atoms. The van der Waals surface area contributed by atoms with Gasteiger partial charge in [0.1, 0.15) is 11.8 Å². The van der Waals surface area contributed by atoms with Gasteiger partial charge in [0.25, 0.3) is 0 Å². The first-order valence-electron chi connectivity index (χ1n) is 8.68. The van der Waals surface area contributed by atoms with Crippen molar-refractivity contribution < 1.29 is 17.9 Å². The molecule has 0 unspecified atom stereocenters. The standard InChI is InChI=1S/C20H25ClN2O4S/c1-14-10-11-17(21)12-18(14)23(28(5,25)26)15(2)20(24)22(3)13-16-8-6-7-9-19(16)27-4/h6-12,15H,13H2,1-5H3/t15-/m0/s1. The molecule has 152 valence electrons. The molecular formula is C20H25ClN2O4S. The maximum absolute atomic E-state index is 13.1. The number of benzene rings is 2. The van der Waals surface area contributed by atoms with Gasteiger partial charge in [-0.25, -0.2) is 8.42 Å². The first-order valence-corrected chi connectivity index (χ1v) is 10.9. The molecule has 1 amide bonds. The number of carbonyl (C=O) groups excluding carboxylic acids is 1. The summed E-state index contributed by atoms with van der Waals surface area (Å²) in [6, 6.07) is 11.4. The summed E-state index contributed by atoms with van der Waals surface area (Å²) < 4.78 is 31.5. The van der Waals surface area contributed by atoms with Crippen LogP contribution in [0, 0.1) is 6.92 Å². The van der Waals surface area contributed by atoms with Crippen molar-refractivity contribution in [2.24, 2.45) is 0 Å². The predicted molar refractivity (Wildman–Crippen MR) is 112 cm³/mol. The Balaban J connectivity index is 2.35. The Bertz CT molecular complexity index is 962. The average molecular weight is 425 g/mol. The normalized spacial score (nSPS) is 12.4. The van der Waals surface area contributed by atoms with Gasteiger partial charge in [-0.2, -0.15) is 0 Å². The molecule has 0 fully saturated rings. The molecule has 0 saturated heterocycles. The van der Waals surface area contributed by atoms with Gasteiger partial charge in [0.2, 0.25) is 15.9 Å². The van der Waals surface area contributed by atoms with Crippen LogP contribution in [0.4, 0.5) is 5.69 Å². The van der Waals surface area contributed by atoms with E-state index in [0.717, 1.165) is 16.1 Å². The summed E-state index contributed by atoms with van der Waals surface area (Å²) in [5.41, 5.74) is 1.93. The zero-order chi connectivity index (χ0) is 21.1. The van der Waals surface area contributed by atoms with Crippen molar-refractivity contribution >= 4 is 33.2 Å². The largest absolute Gasteiger partial charge is 0.496 e. The quantitative estimate of drug-likeness (QED) is 0.682. The van der Waals surface area contributed by atoms with Gasteiger partial charge in [-0.1, -0.05) is 35.9 Å². The Labute approximate surface area is 171 Å². The Kier molecular flexibility index (Phi) is 6.96. The second-order valence-electron chi connectivity index (χ2n) is 6.67. The number of ether oxygens (including phenoxy) is 1. The fraction of sp³-hybridized carbons (Fsp3) is 0.350. The molecule has 0 heterocycles. The van der Waals surface area contributed by atoms with Crippen molar-refractivity contribution in [1.82, 2.24) is 4.90 Å². The van der Waals surface area contributed by atoms with Crippen LogP contribution in [0.1, 0.15) is 18.1 Å². The highest BCUT2D eigenvalue weighted by atomic mass is 35.5. The van der Waals surface area contributed by atoms with Gasteiger partial charge in [-0.15, -0.1) is 0 Å². The van der Waals surface area contributed by atoms with Gasteiger partial charge in [0, 0.05) is 24.2 Å². The molecule has 0 aliphatic carbocycles. The third-order valence-electron chi connectivity index (χ3n) is 4.45. The second-order valence-corrected chi connectivity index (χ2v) is 8.97. The number of sulfonamides is 1. The lowest BCUT2D eigenvalue weighted by atomic mass is 10.1. The van der Waals surface area contributed by atoms with Crippen LogP contribution in [-0.2, 0) is 21.4 Å². The van der Waals surface area contributed by atoms with Gasteiger partial charge in [-0.05, 0) is 37.6 Å². The average Bonchev–Trinajstić information content (AvgIpc) is 2.63. The van der Waals surface area contributed by atoms with E-state index in [0.29, 0.717) is 28.6 Å². The smallest absolute Gasteiger partial charge is 0.246 e. The summed E-state index contributed by atoms with van der Waals surface area (Å²) in [7, 11) is -0.517. The minimum Gasteiger partial charge on any atom is -0.496 e. The molecule has 2 aromatic carbocycles. The van der Waals surface area contributed by atoms with E-state index in [1.165, 1.54) is 4.90 Å². The zero-order valence-electron chi connectivity index (χ0n) is 16.6. The summed E-state index contributed by atoms with van der Waals surface area (Å²) in [5.74, 6) is 0.330. The number of likely N-dealkylation sites (N-methyl/N-ethyl adjacent to an activating group) is 1. The van der Waals surface area contributed by atoms with Gasteiger partial charge in [0.15, 0.2) is 0 Å². The summed E-state index contributed by atoms with van der Waals surface area (Å²) in [4.78, 5) is 14.5. The molecule has 0 saturated carbocycles. The molecule has 6 nitrogen and oxygen atoms in total. The highest BCUT2D eigenvalue weighted by Gasteiger charge is 2.32. The minimum atomic E-state index is -3.72. The van der Waals surface area contributed by atoms with E-state index in [4.69, 9.17) is 16.3 Å². The van der Waals surface area contributed by atoms with Crippen molar-refractivity contribution in [2.45, 2.75) is 26.4 Å². The molecule has 0 aliphatic heterocycles. The number of carbonyl (C=O) groups is 1. The molecule has 1 atom stereocenters. The van der Waals surface area contributed by atoms with E-state index in [-0.39, 0.29) is 5.91 Å². The van der Waals surface area contributed by atoms with Crippen LogP contribution in [0.15, 0.2) is 42.5 Å². The second kappa shape index (κ2) is 8.84. The SMILES string of the molecule is COc1ccccc1CN(C)C(=O)[C@H](C)N(c1cc(Cl)ccc1C)S(C)(=O)=O. The van der Waals surface area contributed by atoms with E-state index >= 15 is 0 Å². The number of nitrogens with zero attached hydrogens (tertiary/aromatic N) is 2. The van der Waals surface area contributed by atoms with Crippen LogP contribution in [0.25, 0.3) is 0 Å². The molecular weight excluding hydrogens is 400 g/mol. The minimum absolute atomic E-state index is 0.291. The topological polar surface area (TPSA) is 66.9 Å². The van der Waals surface area contributed by atoms with Crippen LogP contribution in [0.2, 0.25) is 5.02 Å². The summed E-state index contributed by atoms with van der Waals surface area (Å²) >= 11 is 6.07. The number of amides is 1. The van der Waals surface area contributed by atoms with Gasteiger partial charge in [-0.3, -0.25) is 9.10 Å². The zero-order valence-corrected chi connectivity index (χ0v) is 18.2. The van der Waals surface area contributed by atoms with Crippen LogP contribution in [0.5, 0.6) is 5.75 Å². The van der Waals surface area contributed by atoms with E-state index in [9.17, 15) is 13.2 Å². The molecule has 0 N–H and O–H groups in total. The Morgan fingerprint density at radius 1 is 1.21 bits per heavy atom. The van der Waals surface area contributed by atoms with Crippen LogP contribution in [-0.4, -0.2) is 45.7 Å². The van der Waals surface area contributed by atoms with Crippen LogP contribution >= 0.6 is 11.6 Å². The van der Waals surface area contributed by atoms with E-state index in [1.54, 1.807) is 46.2 Å². The summed E-state index contributed by atoms with van der Waals surface area (Å²) in [6.45, 7) is 3.64. The number of methoxy groups -OCH3 is 1. The highest BCUT2D eigenvalue weighted by Crippen LogP contribution is 2.29. The van der Waals surface area contributed by atoms with E-state index < -0.39 is 16.1 Å². The monoisotopic (exact) mass is 424 g/mol. The van der Waals surface area contributed by atoms with Crippen molar-refractivity contribution in [3.05, 3.63) is 58.6 Å². The molecule has 0 bridgehead atoms. The Hall–Kier alpha value is -2.25. The number of aryl methyl sites for hydroxylation is 1. The third kappa shape index (κ3) is 4.97. The molecule has 2 rings (SSSR count). The van der Waals surface area contributed by atoms with Crippen molar-refractivity contribution in [2.75, 3.05) is 24.7 Å². The predicted octanol–water partition coefficient (Wildman–Crippen LogP) is 3.47. The number of hydrogen-bond acceptors (Lipinski definition) is 4. The van der Waals surface area contributed by atoms with Crippen molar-refractivity contribution in [3.63, 3.8) is 0 Å². The van der Waals surface area contributed by atoms with Gasteiger partial charge < -0.3 is 9.64 Å². The first kappa shape index (κ1) is 22.0. The molecule has 0 radical (unpaired) electrons. The van der Waals surface area contributed by atoms with Crippen LogP contribution in [0.3, 0.4) is 0 Å². The third-order valence-corrected chi connectivity index (χ3v) is 5.91. The van der Waals surface area contributed by atoms with E-state index in [1.807, 2.05) is 24.3 Å². The molecule has 2 aromatic rings. The van der Waals surface area contributed by atoms with Crippen molar-refractivity contribution in [3.8, 4) is 5.75 Å². The van der Waals surface area contributed by atoms with E-state index in [2.05, 4.69) is 0 Å². The number of rotatable bonds is 7. The summed E-state index contributed by atoms with van der Waals surface area (Å²) in [6.07, 6.45) is 1.08. The lowest BCUT2D eigenvalue weighted by molar-refractivity contribution is -0.131. The fourth-order valence-corrected chi connectivity index (χ4v) is 4.47. The number of halogens is 1. The summed E-state index contributed by atoms with van der Waals surface area (Å²) in [5, 5.41) is 0.399. The molecule has 28 heavy (non-hydrogen) atoms. The van der Waals surface area contributed by atoms with Crippen LogP contribution < -0.4 is 9.04 Å². The van der Waals surface area contributed by atoms with Gasteiger partial charge >= 0.3 is 0 Å². The van der Waals surface area contributed by atoms with Crippen molar-refractivity contribution in [1.29, 1.82) is 0 Å². The number of hydrogen-bond donors (Lipinski definition) is 0. The van der Waals surface area contributed by atoms with Gasteiger partial charge in [0.05, 0.1) is 19.1 Å². The molecule has 0 aromatic heterocycles. The maximum atomic E-state index is 13.1. The molecule has 8 heteroatoms.